The summed E-state index contributed by atoms with van der Waals surface area (Å²) in [6, 6.07) is 10.9. The van der Waals surface area contributed by atoms with Crippen molar-refractivity contribution in [3.63, 3.8) is 0 Å². The summed E-state index contributed by atoms with van der Waals surface area (Å²) >= 11 is 5.89. The Labute approximate surface area is 145 Å². The van der Waals surface area contributed by atoms with E-state index in [1.165, 1.54) is 12.3 Å². The first-order valence-electron chi connectivity index (χ1n) is 7.71. The predicted octanol–water partition coefficient (Wildman–Crippen LogP) is 3.26. The van der Waals surface area contributed by atoms with Gasteiger partial charge in [0.1, 0.15) is 5.15 Å². The number of carbonyl (C=O) groups excluding carboxylic acids is 2. The summed E-state index contributed by atoms with van der Waals surface area (Å²) in [7, 11) is 0. The van der Waals surface area contributed by atoms with E-state index in [4.69, 9.17) is 16.3 Å². The average molecular weight is 345 g/mol. The summed E-state index contributed by atoms with van der Waals surface area (Å²) < 4.78 is 5.30. The number of rotatable bonds is 3. The van der Waals surface area contributed by atoms with E-state index in [0.29, 0.717) is 0 Å². The van der Waals surface area contributed by atoms with Crippen molar-refractivity contribution in [2.75, 3.05) is 4.90 Å². The van der Waals surface area contributed by atoms with E-state index < -0.39 is 12.1 Å². The number of esters is 1. The molecular formula is C18H17ClN2O3. The zero-order valence-corrected chi connectivity index (χ0v) is 14.2. The molecule has 5 nitrogen and oxygen atoms in total. The highest BCUT2D eigenvalue weighted by atomic mass is 35.5. The van der Waals surface area contributed by atoms with E-state index in [-0.39, 0.29) is 22.7 Å². The quantitative estimate of drug-likeness (QED) is 0.633. The van der Waals surface area contributed by atoms with Crippen LogP contribution in [0.25, 0.3) is 0 Å². The number of amides is 1. The minimum Gasteiger partial charge on any atom is -0.449 e. The van der Waals surface area contributed by atoms with E-state index in [2.05, 4.69) is 4.98 Å². The molecule has 1 aromatic heterocycles. The molecular weight excluding hydrogens is 328 g/mol. The highest BCUT2D eigenvalue weighted by molar-refractivity contribution is 6.32. The second-order valence-corrected chi connectivity index (χ2v) is 6.14. The number of benzene rings is 1. The second-order valence-electron chi connectivity index (χ2n) is 5.78. The summed E-state index contributed by atoms with van der Waals surface area (Å²) in [5.41, 5.74) is 2.14. The lowest BCUT2D eigenvalue weighted by Crippen LogP contribution is -2.43. The number of ether oxygens (including phenoxy) is 1. The van der Waals surface area contributed by atoms with Gasteiger partial charge in [-0.05, 0) is 44.0 Å². The molecule has 0 N–H and O–H groups in total. The number of hydrogen-bond donors (Lipinski definition) is 0. The van der Waals surface area contributed by atoms with Crippen LogP contribution in [0.2, 0.25) is 5.15 Å². The number of pyridine rings is 1. The molecule has 3 rings (SSSR count). The van der Waals surface area contributed by atoms with Gasteiger partial charge >= 0.3 is 5.97 Å². The molecule has 1 aromatic carbocycles. The zero-order valence-electron chi connectivity index (χ0n) is 13.4. The lowest BCUT2D eigenvalue weighted by Gasteiger charge is -2.26. The van der Waals surface area contributed by atoms with Gasteiger partial charge in [0.25, 0.3) is 5.91 Å². The van der Waals surface area contributed by atoms with Crippen LogP contribution >= 0.6 is 11.6 Å². The number of hydrogen-bond acceptors (Lipinski definition) is 4. The van der Waals surface area contributed by atoms with Gasteiger partial charge in [-0.15, -0.1) is 0 Å². The van der Waals surface area contributed by atoms with Gasteiger partial charge in [0.05, 0.1) is 5.56 Å². The fourth-order valence-corrected chi connectivity index (χ4v) is 3.11. The van der Waals surface area contributed by atoms with Gasteiger partial charge in [0.2, 0.25) is 0 Å². The first kappa shape index (κ1) is 16.5. The van der Waals surface area contributed by atoms with E-state index in [0.717, 1.165) is 17.7 Å². The van der Waals surface area contributed by atoms with Crippen molar-refractivity contribution in [2.24, 2.45) is 0 Å². The van der Waals surface area contributed by atoms with Crippen LogP contribution < -0.4 is 4.90 Å². The Morgan fingerprint density at radius 2 is 2.04 bits per heavy atom. The maximum Gasteiger partial charge on any atom is 0.342 e. The molecule has 2 aromatic rings. The Balaban J connectivity index is 1.76. The summed E-state index contributed by atoms with van der Waals surface area (Å²) in [6.07, 6.45) is 1.36. The molecule has 1 amide bonds. The molecule has 0 unspecified atom stereocenters. The topological polar surface area (TPSA) is 59.5 Å². The molecule has 0 spiro atoms. The normalized spacial score (nSPS) is 17.3. The molecule has 2 atom stereocenters. The molecule has 0 saturated heterocycles. The van der Waals surface area contributed by atoms with Crippen molar-refractivity contribution < 1.29 is 14.3 Å². The van der Waals surface area contributed by atoms with Gasteiger partial charge in [-0.1, -0.05) is 29.8 Å². The summed E-state index contributed by atoms with van der Waals surface area (Å²) in [5.74, 6) is -0.908. The van der Waals surface area contributed by atoms with Crippen LogP contribution in [-0.2, 0) is 16.0 Å². The van der Waals surface area contributed by atoms with Gasteiger partial charge in [-0.2, -0.15) is 0 Å². The number of halogens is 1. The Bertz CT molecular complexity index is 793. The maximum absolute atomic E-state index is 12.8. The van der Waals surface area contributed by atoms with Gasteiger partial charge in [-0.25, -0.2) is 9.78 Å². The third-order valence-corrected chi connectivity index (χ3v) is 4.36. The number of carbonyl (C=O) groups is 2. The minimum atomic E-state index is -0.914. The molecule has 24 heavy (non-hydrogen) atoms. The van der Waals surface area contributed by atoms with Crippen LogP contribution in [0.3, 0.4) is 0 Å². The SMILES string of the molecule is C[C@H](OC(=O)c1cccnc1Cl)C(=O)N1c2ccccc2C[C@H]1C. The van der Waals surface area contributed by atoms with Gasteiger partial charge < -0.3 is 9.64 Å². The summed E-state index contributed by atoms with van der Waals surface area (Å²) in [6.45, 7) is 3.54. The highest BCUT2D eigenvalue weighted by Crippen LogP contribution is 2.32. The molecule has 124 valence electrons. The Morgan fingerprint density at radius 3 is 2.79 bits per heavy atom. The smallest absolute Gasteiger partial charge is 0.342 e. The van der Waals surface area contributed by atoms with Crippen LogP contribution in [0, 0.1) is 0 Å². The summed E-state index contributed by atoms with van der Waals surface area (Å²) in [5, 5.41) is 0.0574. The molecule has 0 radical (unpaired) electrons. The highest BCUT2D eigenvalue weighted by Gasteiger charge is 2.34. The van der Waals surface area contributed by atoms with E-state index in [9.17, 15) is 9.59 Å². The van der Waals surface area contributed by atoms with Crippen molar-refractivity contribution in [1.29, 1.82) is 0 Å². The predicted molar refractivity (Wildman–Crippen MR) is 91.2 cm³/mol. The number of fused-ring (bicyclic) bond motifs is 1. The van der Waals surface area contributed by atoms with E-state index in [1.54, 1.807) is 17.9 Å². The minimum absolute atomic E-state index is 0.0260. The van der Waals surface area contributed by atoms with Gasteiger partial charge in [0, 0.05) is 17.9 Å². The molecule has 1 aliphatic heterocycles. The van der Waals surface area contributed by atoms with Gasteiger partial charge in [0.15, 0.2) is 6.10 Å². The third kappa shape index (κ3) is 2.99. The molecule has 0 bridgehead atoms. The van der Waals surface area contributed by atoms with Crippen molar-refractivity contribution in [2.45, 2.75) is 32.4 Å². The molecule has 2 heterocycles. The van der Waals surface area contributed by atoms with Crippen LogP contribution in [0.15, 0.2) is 42.6 Å². The fraction of sp³-hybridized carbons (Fsp3) is 0.278. The second kappa shape index (κ2) is 6.61. The maximum atomic E-state index is 12.8. The largest absolute Gasteiger partial charge is 0.449 e. The first-order chi connectivity index (χ1) is 11.5. The lowest BCUT2D eigenvalue weighted by molar-refractivity contribution is -0.126. The number of para-hydroxylation sites is 1. The zero-order chi connectivity index (χ0) is 17.3. The van der Waals surface area contributed by atoms with E-state index in [1.807, 2.05) is 31.2 Å². The standard InChI is InChI=1S/C18H17ClN2O3/c1-11-10-13-6-3-4-8-15(13)21(11)17(22)12(2)24-18(23)14-7-5-9-20-16(14)19/h3-9,11-12H,10H2,1-2H3/t11-,12+/m1/s1. The van der Waals surface area contributed by atoms with Crippen LogP contribution in [-0.4, -0.2) is 29.0 Å². The van der Waals surface area contributed by atoms with Crippen LogP contribution in [0.1, 0.15) is 29.8 Å². The molecule has 1 aliphatic rings. The van der Waals surface area contributed by atoms with Crippen molar-refractivity contribution in [3.05, 3.63) is 58.9 Å². The van der Waals surface area contributed by atoms with Crippen LogP contribution in [0.4, 0.5) is 5.69 Å². The summed E-state index contributed by atoms with van der Waals surface area (Å²) in [4.78, 5) is 30.5. The van der Waals surface area contributed by atoms with Crippen molar-refractivity contribution in [1.82, 2.24) is 4.98 Å². The third-order valence-electron chi connectivity index (χ3n) is 4.06. The fourth-order valence-electron chi connectivity index (χ4n) is 2.91. The number of anilines is 1. The molecule has 0 saturated carbocycles. The molecule has 0 aliphatic carbocycles. The lowest BCUT2D eigenvalue weighted by atomic mass is 10.1. The van der Waals surface area contributed by atoms with Crippen molar-refractivity contribution >= 4 is 29.2 Å². The Morgan fingerprint density at radius 1 is 1.29 bits per heavy atom. The number of aromatic nitrogens is 1. The van der Waals surface area contributed by atoms with Crippen molar-refractivity contribution in [3.8, 4) is 0 Å². The molecule has 0 fully saturated rings. The number of nitrogens with zero attached hydrogens (tertiary/aromatic N) is 2. The Hall–Kier alpha value is -2.40. The van der Waals surface area contributed by atoms with Gasteiger partial charge in [-0.3, -0.25) is 4.79 Å². The average Bonchev–Trinajstić information content (AvgIpc) is 2.90. The van der Waals surface area contributed by atoms with Crippen LogP contribution in [0.5, 0.6) is 0 Å². The first-order valence-corrected chi connectivity index (χ1v) is 8.09. The monoisotopic (exact) mass is 344 g/mol. The Kier molecular flexibility index (Phi) is 4.53. The molecule has 6 heteroatoms. The van der Waals surface area contributed by atoms with E-state index >= 15 is 0 Å².